The molecule has 2 aromatic heterocycles. The highest BCUT2D eigenvalue weighted by Crippen LogP contribution is 2.30. The molecule has 7 heteroatoms. The number of nitrogens with one attached hydrogen (secondary N) is 1. The Morgan fingerprint density at radius 3 is 2.65 bits per heavy atom. The van der Waals surface area contributed by atoms with Gasteiger partial charge in [0.1, 0.15) is 11.3 Å². The molecule has 1 N–H and O–H groups in total. The number of amides is 1. The molecular weight excluding hydrogens is 330 g/mol. The Morgan fingerprint density at radius 2 is 1.92 bits per heavy atom. The lowest BCUT2D eigenvalue weighted by Crippen LogP contribution is -2.38. The lowest BCUT2D eigenvalue weighted by Gasteiger charge is -2.31. The third-order valence-corrected chi connectivity index (χ3v) is 4.99. The van der Waals surface area contributed by atoms with Crippen LogP contribution in [0.4, 0.5) is 0 Å². The van der Waals surface area contributed by atoms with Gasteiger partial charge in [-0.1, -0.05) is 12.1 Å². The van der Waals surface area contributed by atoms with Crippen molar-refractivity contribution in [2.45, 2.75) is 25.2 Å². The van der Waals surface area contributed by atoms with Crippen LogP contribution in [0.25, 0.3) is 11.2 Å². The highest BCUT2D eigenvalue weighted by molar-refractivity contribution is 5.79. The molecule has 0 radical (unpaired) electrons. The summed E-state index contributed by atoms with van der Waals surface area (Å²) in [6, 6.07) is 7.66. The van der Waals surface area contributed by atoms with Crippen LogP contribution in [-0.4, -0.2) is 51.2 Å². The summed E-state index contributed by atoms with van der Waals surface area (Å²) in [5.74, 6) is 1.31. The zero-order valence-electron chi connectivity index (χ0n) is 14.7. The van der Waals surface area contributed by atoms with Gasteiger partial charge in [0.2, 0.25) is 5.91 Å². The first-order valence-corrected chi connectivity index (χ1v) is 8.80. The summed E-state index contributed by atoms with van der Waals surface area (Å²) < 4.78 is 5.16. The molecular formula is C19H21N5O2. The summed E-state index contributed by atoms with van der Waals surface area (Å²) in [4.78, 5) is 23.1. The number of nitrogens with zero attached hydrogens (tertiary/aromatic N) is 4. The molecule has 0 saturated carbocycles. The Kier molecular flexibility index (Phi) is 4.51. The molecule has 1 aliphatic rings. The number of aromatic nitrogens is 4. The fraction of sp³-hybridized carbons (Fsp3) is 0.368. The molecule has 7 nitrogen and oxygen atoms in total. The molecule has 0 atom stereocenters. The van der Waals surface area contributed by atoms with Crippen LogP contribution >= 0.6 is 0 Å². The predicted molar refractivity (Wildman–Crippen MR) is 96.9 cm³/mol. The van der Waals surface area contributed by atoms with Crippen molar-refractivity contribution in [1.29, 1.82) is 0 Å². The van der Waals surface area contributed by atoms with Crippen molar-refractivity contribution >= 4 is 17.1 Å². The number of H-pyrrole nitrogens is 1. The van der Waals surface area contributed by atoms with Crippen LogP contribution in [0.3, 0.4) is 0 Å². The molecule has 26 heavy (non-hydrogen) atoms. The molecule has 1 fully saturated rings. The fourth-order valence-corrected chi connectivity index (χ4v) is 3.50. The first-order chi connectivity index (χ1) is 12.7. The molecule has 0 spiro atoms. The van der Waals surface area contributed by atoms with Crippen LogP contribution in [0.15, 0.2) is 36.7 Å². The summed E-state index contributed by atoms with van der Waals surface area (Å²) in [7, 11) is 1.64. The zero-order valence-corrected chi connectivity index (χ0v) is 14.7. The Balaban J connectivity index is 1.37. The van der Waals surface area contributed by atoms with E-state index in [9.17, 15) is 4.79 Å². The molecule has 4 rings (SSSR count). The van der Waals surface area contributed by atoms with Gasteiger partial charge in [-0.05, 0) is 30.5 Å². The SMILES string of the molecule is COc1ccc(CC(=O)N2CCC(c3[nH]nc4nccnc34)CC2)cc1. The average Bonchev–Trinajstić information content (AvgIpc) is 3.13. The van der Waals surface area contributed by atoms with Gasteiger partial charge in [0.15, 0.2) is 5.65 Å². The topological polar surface area (TPSA) is 84.0 Å². The molecule has 1 saturated heterocycles. The van der Waals surface area contributed by atoms with E-state index in [1.54, 1.807) is 19.5 Å². The number of benzene rings is 1. The van der Waals surface area contributed by atoms with E-state index < -0.39 is 0 Å². The molecule has 0 aliphatic carbocycles. The number of likely N-dealkylation sites (tertiary alicyclic amines) is 1. The zero-order chi connectivity index (χ0) is 17.9. The number of carbonyl (C=O) groups is 1. The van der Waals surface area contributed by atoms with Gasteiger partial charge in [0, 0.05) is 31.4 Å². The summed E-state index contributed by atoms with van der Waals surface area (Å²) >= 11 is 0. The van der Waals surface area contributed by atoms with Crippen molar-refractivity contribution < 1.29 is 9.53 Å². The minimum Gasteiger partial charge on any atom is -0.497 e. The molecule has 3 aromatic rings. The maximum Gasteiger partial charge on any atom is 0.226 e. The maximum atomic E-state index is 12.6. The van der Waals surface area contributed by atoms with Crippen molar-refractivity contribution in [1.82, 2.24) is 25.1 Å². The van der Waals surface area contributed by atoms with Crippen LogP contribution < -0.4 is 4.74 Å². The van der Waals surface area contributed by atoms with Crippen LogP contribution in [0.2, 0.25) is 0 Å². The van der Waals surface area contributed by atoms with Crippen molar-refractivity contribution in [3.8, 4) is 5.75 Å². The normalized spacial score (nSPS) is 15.3. The minimum atomic E-state index is 0.169. The van der Waals surface area contributed by atoms with E-state index in [0.29, 0.717) is 18.0 Å². The first kappa shape index (κ1) is 16.5. The Morgan fingerprint density at radius 1 is 1.19 bits per heavy atom. The Bertz CT molecular complexity index is 898. The van der Waals surface area contributed by atoms with Gasteiger partial charge in [-0.15, -0.1) is 0 Å². The maximum absolute atomic E-state index is 12.6. The van der Waals surface area contributed by atoms with E-state index in [1.807, 2.05) is 29.2 Å². The van der Waals surface area contributed by atoms with E-state index in [2.05, 4.69) is 20.2 Å². The predicted octanol–water partition coefficient (Wildman–Crippen LogP) is 2.31. The molecule has 3 heterocycles. The van der Waals surface area contributed by atoms with Gasteiger partial charge >= 0.3 is 0 Å². The molecule has 134 valence electrons. The van der Waals surface area contributed by atoms with Crippen molar-refractivity contribution in [2.24, 2.45) is 0 Å². The van der Waals surface area contributed by atoms with E-state index in [4.69, 9.17) is 4.74 Å². The molecule has 0 bridgehead atoms. The van der Waals surface area contributed by atoms with E-state index in [1.165, 1.54) is 0 Å². The number of aromatic amines is 1. The lowest BCUT2D eigenvalue weighted by atomic mass is 9.92. The summed E-state index contributed by atoms with van der Waals surface area (Å²) in [6.45, 7) is 1.50. The van der Waals surface area contributed by atoms with Crippen LogP contribution in [-0.2, 0) is 11.2 Å². The highest BCUT2D eigenvalue weighted by atomic mass is 16.5. The van der Waals surface area contributed by atoms with Crippen LogP contribution in [0.1, 0.15) is 30.0 Å². The number of methoxy groups -OCH3 is 1. The third-order valence-electron chi connectivity index (χ3n) is 4.99. The van der Waals surface area contributed by atoms with E-state index in [0.717, 1.165) is 48.5 Å². The smallest absolute Gasteiger partial charge is 0.226 e. The second-order valence-electron chi connectivity index (χ2n) is 6.55. The largest absolute Gasteiger partial charge is 0.497 e. The molecule has 1 aromatic carbocycles. The van der Waals surface area contributed by atoms with Crippen LogP contribution in [0.5, 0.6) is 5.75 Å². The van der Waals surface area contributed by atoms with Crippen molar-refractivity contribution in [2.75, 3.05) is 20.2 Å². The molecule has 1 amide bonds. The number of piperidine rings is 1. The second-order valence-corrected chi connectivity index (χ2v) is 6.55. The lowest BCUT2D eigenvalue weighted by molar-refractivity contribution is -0.131. The van der Waals surface area contributed by atoms with Gasteiger partial charge in [-0.3, -0.25) is 9.89 Å². The quantitative estimate of drug-likeness (QED) is 0.780. The number of carbonyl (C=O) groups excluding carboxylic acids is 1. The van der Waals surface area contributed by atoms with E-state index in [-0.39, 0.29) is 5.91 Å². The second kappa shape index (κ2) is 7.11. The number of hydrogen-bond acceptors (Lipinski definition) is 5. The summed E-state index contributed by atoms with van der Waals surface area (Å²) in [5.41, 5.74) is 3.54. The number of fused-ring (bicyclic) bond motifs is 1. The summed E-state index contributed by atoms with van der Waals surface area (Å²) in [6.07, 6.45) is 5.57. The van der Waals surface area contributed by atoms with Gasteiger partial charge in [-0.25, -0.2) is 9.97 Å². The molecule has 0 unspecified atom stereocenters. The Labute approximate surface area is 151 Å². The van der Waals surface area contributed by atoms with Gasteiger partial charge < -0.3 is 9.64 Å². The third kappa shape index (κ3) is 3.24. The van der Waals surface area contributed by atoms with Crippen molar-refractivity contribution in [3.05, 3.63) is 47.9 Å². The van der Waals surface area contributed by atoms with Gasteiger partial charge in [0.05, 0.1) is 19.2 Å². The number of ether oxygens (including phenoxy) is 1. The first-order valence-electron chi connectivity index (χ1n) is 8.80. The number of hydrogen-bond donors (Lipinski definition) is 1. The van der Waals surface area contributed by atoms with E-state index >= 15 is 0 Å². The summed E-state index contributed by atoms with van der Waals surface area (Å²) in [5, 5.41) is 7.32. The Hall–Kier alpha value is -2.96. The van der Waals surface area contributed by atoms with Crippen molar-refractivity contribution in [3.63, 3.8) is 0 Å². The van der Waals surface area contributed by atoms with Gasteiger partial charge in [-0.2, -0.15) is 5.10 Å². The van der Waals surface area contributed by atoms with Crippen LogP contribution in [0, 0.1) is 0 Å². The monoisotopic (exact) mass is 351 g/mol. The average molecular weight is 351 g/mol. The highest BCUT2D eigenvalue weighted by Gasteiger charge is 2.26. The standard InChI is InChI=1S/C19H21N5O2/c1-26-15-4-2-13(3-5-15)12-16(25)24-10-6-14(7-11-24)17-18-19(23-22-17)21-9-8-20-18/h2-5,8-9,14H,6-7,10-12H2,1H3,(H,21,22,23). The fourth-order valence-electron chi connectivity index (χ4n) is 3.50. The van der Waals surface area contributed by atoms with Gasteiger partial charge in [0.25, 0.3) is 0 Å². The minimum absolute atomic E-state index is 0.169. The molecule has 1 aliphatic heterocycles. The number of rotatable bonds is 4.